The van der Waals surface area contributed by atoms with Gasteiger partial charge >= 0.3 is 0 Å². The van der Waals surface area contributed by atoms with E-state index in [9.17, 15) is 13.2 Å². The van der Waals surface area contributed by atoms with Crippen molar-refractivity contribution in [3.05, 3.63) is 23.8 Å². The van der Waals surface area contributed by atoms with Crippen LogP contribution in [0.5, 0.6) is 0 Å². The predicted molar refractivity (Wildman–Crippen MR) is 83.8 cm³/mol. The van der Waals surface area contributed by atoms with Crippen LogP contribution in [0.4, 0.5) is 11.4 Å². The number of amides is 1. The van der Waals surface area contributed by atoms with Gasteiger partial charge in [-0.3, -0.25) is 9.10 Å². The van der Waals surface area contributed by atoms with Crippen LogP contribution < -0.4 is 15.4 Å². The van der Waals surface area contributed by atoms with Crippen LogP contribution in [-0.2, 0) is 21.2 Å². The van der Waals surface area contributed by atoms with Gasteiger partial charge in [0.05, 0.1) is 18.0 Å². The van der Waals surface area contributed by atoms with Gasteiger partial charge in [-0.05, 0) is 30.0 Å². The molecule has 0 spiro atoms. The minimum absolute atomic E-state index is 0.0342. The Kier molecular flexibility index (Phi) is 4.25. The van der Waals surface area contributed by atoms with Crippen LogP contribution in [-0.4, -0.2) is 33.2 Å². The number of nitrogens with zero attached hydrogens (tertiary/aromatic N) is 1. The summed E-state index contributed by atoms with van der Waals surface area (Å²) in [4.78, 5) is 12.0. The van der Waals surface area contributed by atoms with Gasteiger partial charge in [0.15, 0.2) is 0 Å². The van der Waals surface area contributed by atoms with E-state index in [1.54, 1.807) is 12.1 Å². The molecule has 0 aliphatic carbocycles. The first-order valence-corrected chi connectivity index (χ1v) is 8.72. The third kappa shape index (κ3) is 3.36. The van der Waals surface area contributed by atoms with Crippen molar-refractivity contribution in [2.45, 2.75) is 26.3 Å². The molecular formula is C14H21N3O3S. The molecule has 21 heavy (non-hydrogen) atoms. The highest BCUT2D eigenvalue weighted by Gasteiger charge is 2.26. The summed E-state index contributed by atoms with van der Waals surface area (Å²) in [7, 11) is -3.30. The lowest BCUT2D eigenvalue weighted by atomic mass is 10.0. The van der Waals surface area contributed by atoms with E-state index in [0.29, 0.717) is 24.3 Å². The fourth-order valence-corrected chi connectivity index (χ4v) is 3.25. The monoisotopic (exact) mass is 311 g/mol. The molecule has 0 saturated carbocycles. The molecule has 0 fully saturated rings. The predicted octanol–water partition coefficient (Wildman–Crippen LogP) is 0.930. The van der Waals surface area contributed by atoms with Crippen molar-refractivity contribution in [1.29, 1.82) is 0 Å². The lowest BCUT2D eigenvalue weighted by Gasteiger charge is -2.18. The van der Waals surface area contributed by atoms with Gasteiger partial charge in [-0.15, -0.1) is 0 Å². The van der Waals surface area contributed by atoms with E-state index in [2.05, 4.69) is 5.32 Å². The minimum atomic E-state index is -3.30. The molecule has 0 radical (unpaired) electrons. The van der Waals surface area contributed by atoms with Crippen molar-refractivity contribution >= 4 is 27.3 Å². The summed E-state index contributed by atoms with van der Waals surface area (Å²) in [6.45, 7) is 4.19. The average molecular weight is 311 g/mol. The van der Waals surface area contributed by atoms with Crippen LogP contribution in [0, 0.1) is 5.92 Å². The zero-order valence-electron chi connectivity index (χ0n) is 12.5. The second kappa shape index (κ2) is 5.65. The van der Waals surface area contributed by atoms with Crippen molar-refractivity contribution in [2.75, 3.05) is 22.4 Å². The molecule has 1 amide bonds. The number of sulfonamides is 1. The molecule has 1 heterocycles. The number of hydrogen-bond acceptors (Lipinski definition) is 4. The van der Waals surface area contributed by atoms with Crippen LogP contribution >= 0.6 is 0 Å². The van der Waals surface area contributed by atoms with Crippen molar-refractivity contribution in [3.63, 3.8) is 0 Å². The highest BCUT2D eigenvalue weighted by molar-refractivity contribution is 7.92. The van der Waals surface area contributed by atoms with E-state index in [1.807, 2.05) is 19.9 Å². The first kappa shape index (κ1) is 15.8. The highest BCUT2D eigenvalue weighted by Crippen LogP contribution is 2.32. The van der Waals surface area contributed by atoms with E-state index >= 15 is 0 Å². The smallest absolute Gasteiger partial charge is 0.241 e. The van der Waals surface area contributed by atoms with Crippen molar-refractivity contribution in [3.8, 4) is 0 Å². The highest BCUT2D eigenvalue weighted by atomic mass is 32.2. The van der Waals surface area contributed by atoms with Gasteiger partial charge in [0.1, 0.15) is 0 Å². The Hall–Kier alpha value is -1.60. The van der Waals surface area contributed by atoms with Crippen LogP contribution in [0.15, 0.2) is 18.2 Å². The Morgan fingerprint density at radius 2 is 2.05 bits per heavy atom. The molecule has 0 saturated heterocycles. The lowest BCUT2D eigenvalue weighted by Crippen LogP contribution is -2.39. The van der Waals surface area contributed by atoms with Gasteiger partial charge < -0.3 is 11.1 Å². The number of rotatable bonds is 4. The quantitative estimate of drug-likeness (QED) is 0.865. The number of fused-ring (bicyclic) bond motifs is 1. The molecule has 116 valence electrons. The number of nitrogens with two attached hydrogens (primary N) is 1. The van der Waals surface area contributed by atoms with Gasteiger partial charge in [0.25, 0.3) is 0 Å². The van der Waals surface area contributed by atoms with Crippen LogP contribution in [0.2, 0.25) is 0 Å². The number of anilines is 2. The molecule has 6 nitrogen and oxygen atoms in total. The van der Waals surface area contributed by atoms with E-state index in [0.717, 1.165) is 5.56 Å². The maximum absolute atomic E-state index is 12.0. The fourth-order valence-electron chi connectivity index (χ4n) is 2.30. The largest absolute Gasteiger partial charge is 0.325 e. The van der Waals surface area contributed by atoms with Gasteiger partial charge in [-0.25, -0.2) is 8.42 Å². The summed E-state index contributed by atoms with van der Waals surface area (Å²) < 4.78 is 24.9. The first-order valence-electron chi connectivity index (χ1n) is 6.87. The molecule has 1 aliphatic rings. The molecule has 1 aromatic rings. The molecule has 0 aromatic heterocycles. The standard InChI is InChI=1S/C14H21N3O3S/c1-9(2)13(15)14(18)16-11-5-4-10-6-7-17(12(10)8-11)21(3,19)20/h4-5,8-9,13H,6-7,15H2,1-3H3,(H,16,18)/t13-/m0/s1. The van der Waals surface area contributed by atoms with E-state index < -0.39 is 16.1 Å². The number of benzene rings is 1. The third-order valence-corrected chi connectivity index (χ3v) is 4.81. The Morgan fingerprint density at radius 3 is 2.62 bits per heavy atom. The zero-order chi connectivity index (χ0) is 15.8. The second-order valence-corrected chi connectivity index (χ2v) is 7.59. The normalized spacial score (nSPS) is 16.0. The molecule has 0 bridgehead atoms. The summed E-state index contributed by atoms with van der Waals surface area (Å²) in [5.41, 5.74) is 7.96. The molecule has 0 unspecified atom stereocenters. The molecule has 1 aromatic carbocycles. The van der Waals surface area contributed by atoms with Gasteiger partial charge in [0.2, 0.25) is 15.9 Å². The average Bonchev–Trinajstić information content (AvgIpc) is 2.80. The third-order valence-electron chi connectivity index (χ3n) is 3.63. The van der Waals surface area contributed by atoms with Gasteiger partial charge in [-0.2, -0.15) is 0 Å². The fraction of sp³-hybridized carbons (Fsp3) is 0.500. The lowest BCUT2D eigenvalue weighted by molar-refractivity contribution is -0.118. The number of carbonyl (C=O) groups excluding carboxylic acids is 1. The Balaban J connectivity index is 2.24. The molecule has 2 rings (SSSR count). The Labute approximate surface area is 125 Å². The van der Waals surface area contributed by atoms with Crippen molar-refractivity contribution in [2.24, 2.45) is 11.7 Å². The SMILES string of the molecule is CC(C)[C@H](N)C(=O)Nc1ccc2c(c1)N(S(C)(=O)=O)CC2. The second-order valence-electron chi connectivity index (χ2n) is 5.69. The zero-order valence-corrected chi connectivity index (χ0v) is 13.3. The topological polar surface area (TPSA) is 92.5 Å². The molecule has 7 heteroatoms. The van der Waals surface area contributed by atoms with Crippen LogP contribution in [0.25, 0.3) is 0 Å². The van der Waals surface area contributed by atoms with Crippen molar-refractivity contribution in [1.82, 2.24) is 0 Å². The van der Waals surface area contributed by atoms with Gasteiger partial charge in [-0.1, -0.05) is 19.9 Å². The Bertz CT molecular complexity index is 655. The molecule has 3 N–H and O–H groups in total. The molecule has 1 atom stereocenters. The van der Waals surface area contributed by atoms with Crippen LogP contribution in [0.3, 0.4) is 0 Å². The summed E-state index contributed by atoms with van der Waals surface area (Å²) in [6.07, 6.45) is 1.87. The maximum atomic E-state index is 12.0. The minimum Gasteiger partial charge on any atom is -0.325 e. The Morgan fingerprint density at radius 1 is 1.38 bits per heavy atom. The number of hydrogen-bond donors (Lipinski definition) is 2. The first-order chi connectivity index (χ1) is 9.70. The maximum Gasteiger partial charge on any atom is 0.241 e. The van der Waals surface area contributed by atoms with E-state index in [1.165, 1.54) is 10.6 Å². The van der Waals surface area contributed by atoms with Gasteiger partial charge in [0, 0.05) is 12.2 Å². The van der Waals surface area contributed by atoms with E-state index in [4.69, 9.17) is 5.73 Å². The summed E-state index contributed by atoms with van der Waals surface area (Å²) >= 11 is 0. The molecular weight excluding hydrogens is 290 g/mol. The van der Waals surface area contributed by atoms with E-state index in [-0.39, 0.29) is 11.8 Å². The molecule has 1 aliphatic heterocycles. The summed E-state index contributed by atoms with van der Waals surface area (Å²) in [6, 6.07) is 4.71. The van der Waals surface area contributed by atoms with Crippen LogP contribution in [0.1, 0.15) is 19.4 Å². The summed E-state index contributed by atoms with van der Waals surface area (Å²) in [5, 5.41) is 2.74. The van der Waals surface area contributed by atoms with Crippen molar-refractivity contribution < 1.29 is 13.2 Å². The number of carbonyl (C=O) groups is 1. The summed E-state index contributed by atoms with van der Waals surface area (Å²) in [5.74, 6) is -0.235. The number of nitrogens with one attached hydrogen (secondary N) is 1.